The Kier molecular flexibility index (Phi) is 7.41. The van der Waals surface area contributed by atoms with Crippen LogP contribution in [0, 0.1) is 0 Å². The molecule has 0 unspecified atom stereocenters. The predicted octanol–water partition coefficient (Wildman–Crippen LogP) is 5.92. The topological polar surface area (TPSA) is 3.24 Å². The number of hydrogen-bond donors (Lipinski definition) is 0. The van der Waals surface area contributed by atoms with Gasteiger partial charge in [-0.15, -0.1) is 0 Å². The van der Waals surface area contributed by atoms with Crippen molar-refractivity contribution < 1.29 is 0 Å². The lowest BCUT2D eigenvalue weighted by Gasteiger charge is -2.34. The minimum Gasteiger partial charge on any atom is -0.295 e. The molecule has 0 aromatic heterocycles. The van der Waals surface area contributed by atoms with Crippen molar-refractivity contribution in [1.29, 1.82) is 0 Å². The molecule has 0 bridgehead atoms. The maximum Gasteiger partial charge on any atom is 0.0102 e. The molecule has 2 heterocycles. The third kappa shape index (κ3) is 4.76. The average Bonchev–Trinajstić information content (AvgIpc) is 2.76. The number of nitrogens with zero attached hydrogens (tertiary/aromatic N) is 1. The molecule has 0 aromatic rings. The van der Waals surface area contributed by atoms with Crippen molar-refractivity contribution in [3.8, 4) is 0 Å². The fourth-order valence-corrected chi connectivity index (χ4v) is 4.59. The molecule has 0 radical (unpaired) electrons. The Morgan fingerprint density at radius 2 is 1.50 bits per heavy atom. The summed E-state index contributed by atoms with van der Waals surface area (Å²) in [5.41, 5.74) is 0. The summed E-state index contributed by atoms with van der Waals surface area (Å²) >= 11 is 0. The molecule has 118 valence electrons. The first-order chi connectivity index (χ1) is 9.83. The van der Waals surface area contributed by atoms with Crippen molar-refractivity contribution in [3.05, 3.63) is 0 Å². The van der Waals surface area contributed by atoms with Crippen molar-refractivity contribution in [2.24, 2.45) is 0 Å². The van der Waals surface area contributed by atoms with E-state index in [1.807, 2.05) is 0 Å². The van der Waals surface area contributed by atoms with Gasteiger partial charge in [-0.05, 0) is 39.0 Å². The van der Waals surface area contributed by atoms with Crippen LogP contribution in [0.5, 0.6) is 0 Å². The zero-order chi connectivity index (χ0) is 14.2. The molecule has 1 heteroatoms. The summed E-state index contributed by atoms with van der Waals surface area (Å²) in [5.74, 6) is 0. The van der Waals surface area contributed by atoms with E-state index in [-0.39, 0.29) is 0 Å². The van der Waals surface area contributed by atoms with Gasteiger partial charge in [-0.3, -0.25) is 4.90 Å². The highest BCUT2D eigenvalue weighted by Crippen LogP contribution is 2.36. The van der Waals surface area contributed by atoms with Gasteiger partial charge < -0.3 is 0 Å². The minimum atomic E-state index is 0.861. The summed E-state index contributed by atoms with van der Waals surface area (Å²) < 4.78 is 0. The van der Waals surface area contributed by atoms with Crippen molar-refractivity contribution in [2.75, 3.05) is 0 Å². The second kappa shape index (κ2) is 9.07. The molecule has 20 heavy (non-hydrogen) atoms. The van der Waals surface area contributed by atoms with E-state index in [0.717, 1.165) is 18.1 Å². The first-order valence-corrected chi connectivity index (χ1v) is 9.60. The van der Waals surface area contributed by atoms with Crippen molar-refractivity contribution >= 4 is 0 Å². The highest BCUT2D eigenvalue weighted by atomic mass is 15.2. The largest absolute Gasteiger partial charge is 0.295 e. The minimum absolute atomic E-state index is 0.861. The second-order valence-corrected chi connectivity index (χ2v) is 7.38. The summed E-state index contributed by atoms with van der Waals surface area (Å²) in [6.07, 6.45) is 20.5. The van der Waals surface area contributed by atoms with E-state index in [1.165, 1.54) is 89.9 Å². The smallest absolute Gasteiger partial charge is 0.0102 e. The molecule has 1 nitrogen and oxygen atoms in total. The van der Waals surface area contributed by atoms with Crippen molar-refractivity contribution in [2.45, 2.75) is 122 Å². The van der Waals surface area contributed by atoms with E-state index in [2.05, 4.69) is 18.7 Å². The van der Waals surface area contributed by atoms with Crippen LogP contribution in [0.1, 0.15) is 104 Å². The van der Waals surface area contributed by atoms with Crippen molar-refractivity contribution in [1.82, 2.24) is 4.90 Å². The molecular weight excluding hydrogens is 242 g/mol. The second-order valence-electron chi connectivity index (χ2n) is 7.38. The average molecular weight is 280 g/mol. The van der Waals surface area contributed by atoms with Gasteiger partial charge in [-0.2, -0.15) is 0 Å². The number of fused-ring (bicyclic) bond motifs is 1. The van der Waals surface area contributed by atoms with Crippen LogP contribution in [0.15, 0.2) is 0 Å². The molecule has 3 atom stereocenters. The monoisotopic (exact) mass is 279 g/mol. The van der Waals surface area contributed by atoms with Crippen LogP contribution >= 0.6 is 0 Å². The summed E-state index contributed by atoms with van der Waals surface area (Å²) in [7, 11) is 0. The van der Waals surface area contributed by atoms with Crippen LogP contribution in [-0.2, 0) is 0 Å². The van der Waals surface area contributed by atoms with Gasteiger partial charge in [0.2, 0.25) is 0 Å². The number of hydrogen-bond acceptors (Lipinski definition) is 1. The molecule has 2 aliphatic heterocycles. The number of rotatable bonds is 8. The Morgan fingerprint density at radius 1 is 0.800 bits per heavy atom. The van der Waals surface area contributed by atoms with Crippen LogP contribution in [0.25, 0.3) is 0 Å². The molecule has 0 spiro atoms. The molecule has 2 rings (SSSR count). The first-order valence-electron chi connectivity index (χ1n) is 9.60. The third-order valence-corrected chi connectivity index (χ3v) is 5.74. The van der Waals surface area contributed by atoms with Gasteiger partial charge in [0.05, 0.1) is 0 Å². The lowest BCUT2D eigenvalue weighted by Crippen LogP contribution is -2.41. The third-order valence-electron chi connectivity index (χ3n) is 5.74. The highest BCUT2D eigenvalue weighted by Gasteiger charge is 2.36. The molecule has 0 aromatic carbocycles. The lowest BCUT2D eigenvalue weighted by atomic mass is 10.0. The normalized spacial score (nSPS) is 31.2. The van der Waals surface area contributed by atoms with Crippen LogP contribution in [0.3, 0.4) is 0 Å². The van der Waals surface area contributed by atoms with Crippen LogP contribution < -0.4 is 0 Å². The maximum atomic E-state index is 2.93. The SMILES string of the molecule is CCCCCCCCC[C@H]1CC[C@@H]2CCCC[C@@H](C)N12. The van der Waals surface area contributed by atoms with E-state index in [9.17, 15) is 0 Å². The van der Waals surface area contributed by atoms with Gasteiger partial charge >= 0.3 is 0 Å². The fourth-order valence-electron chi connectivity index (χ4n) is 4.59. The Morgan fingerprint density at radius 3 is 2.30 bits per heavy atom. The van der Waals surface area contributed by atoms with Crippen LogP contribution in [-0.4, -0.2) is 23.0 Å². The standard InChI is InChI=1S/C19H37N/c1-3-4-5-6-7-8-9-13-18-15-16-19-14-11-10-12-17(2)20(18)19/h17-19H,3-16H2,1-2H3/t17-,18+,19+/m1/s1. The molecular formula is C19H37N. The molecule has 2 saturated heterocycles. The van der Waals surface area contributed by atoms with Gasteiger partial charge in [0.15, 0.2) is 0 Å². The van der Waals surface area contributed by atoms with E-state index in [0.29, 0.717) is 0 Å². The summed E-state index contributed by atoms with van der Waals surface area (Å²) in [4.78, 5) is 2.93. The molecule has 2 fully saturated rings. The summed E-state index contributed by atoms with van der Waals surface area (Å²) in [6.45, 7) is 4.79. The summed E-state index contributed by atoms with van der Waals surface area (Å²) in [6, 6.07) is 2.74. The Bertz CT molecular complexity index is 250. The van der Waals surface area contributed by atoms with Gasteiger partial charge in [0.25, 0.3) is 0 Å². The zero-order valence-corrected chi connectivity index (χ0v) is 14.1. The Hall–Kier alpha value is -0.0400. The van der Waals surface area contributed by atoms with E-state index in [1.54, 1.807) is 0 Å². The Balaban J connectivity index is 1.63. The van der Waals surface area contributed by atoms with E-state index < -0.39 is 0 Å². The predicted molar refractivity (Wildman–Crippen MR) is 89.2 cm³/mol. The fraction of sp³-hybridized carbons (Fsp3) is 1.00. The summed E-state index contributed by atoms with van der Waals surface area (Å²) in [5, 5.41) is 0. The molecule has 0 aliphatic carbocycles. The van der Waals surface area contributed by atoms with Gasteiger partial charge in [-0.1, -0.05) is 64.7 Å². The van der Waals surface area contributed by atoms with Gasteiger partial charge in [-0.25, -0.2) is 0 Å². The maximum absolute atomic E-state index is 2.93. The van der Waals surface area contributed by atoms with Crippen molar-refractivity contribution in [3.63, 3.8) is 0 Å². The molecule has 2 aliphatic rings. The quantitative estimate of drug-likeness (QED) is 0.498. The zero-order valence-electron chi connectivity index (χ0n) is 14.1. The van der Waals surface area contributed by atoms with Gasteiger partial charge in [0, 0.05) is 18.1 Å². The highest BCUT2D eigenvalue weighted by molar-refractivity contribution is 4.92. The van der Waals surface area contributed by atoms with Crippen LogP contribution in [0.4, 0.5) is 0 Å². The van der Waals surface area contributed by atoms with E-state index in [4.69, 9.17) is 0 Å². The molecule has 0 N–H and O–H groups in total. The number of unbranched alkanes of at least 4 members (excludes halogenated alkanes) is 6. The lowest BCUT2D eigenvalue weighted by molar-refractivity contribution is 0.132. The first kappa shape index (κ1) is 16.3. The Labute approximate surface area is 127 Å². The van der Waals surface area contributed by atoms with E-state index >= 15 is 0 Å². The molecule has 0 saturated carbocycles. The van der Waals surface area contributed by atoms with Crippen LogP contribution in [0.2, 0.25) is 0 Å². The molecule has 0 amide bonds. The van der Waals surface area contributed by atoms with Gasteiger partial charge in [0.1, 0.15) is 0 Å².